The van der Waals surface area contributed by atoms with E-state index >= 15 is 0 Å². The Balaban J connectivity index is 2.84. The van der Waals surface area contributed by atoms with Crippen molar-refractivity contribution in [2.24, 2.45) is 0 Å². The van der Waals surface area contributed by atoms with Crippen LogP contribution < -0.4 is 14.8 Å². The molecule has 112 valence electrons. The fraction of sp³-hybridized carbons (Fsp3) is 0.308. The van der Waals surface area contributed by atoms with E-state index < -0.39 is 18.5 Å². The molecule has 0 saturated heterocycles. The van der Waals surface area contributed by atoms with E-state index in [9.17, 15) is 9.59 Å². The predicted octanol–water partition coefficient (Wildman–Crippen LogP) is 1.46. The second-order valence-electron chi connectivity index (χ2n) is 3.84. The molecule has 0 heterocycles. The predicted molar refractivity (Wildman–Crippen MR) is 73.7 cm³/mol. The van der Waals surface area contributed by atoms with E-state index in [0.717, 1.165) is 0 Å². The number of hydrogen-bond acceptors (Lipinski definition) is 5. The summed E-state index contributed by atoms with van der Waals surface area (Å²) < 4.78 is 10.2. The van der Waals surface area contributed by atoms with Gasteiger partial charge < -0.3 is 19.9 Å². The Labute approximate surface area is 126 Å². The summed E-state index contributed by atoms with van der Waals surface area (Å²) in [5.41, 5.74) is -0.204. The molecule has 1 aromatic rings. The molecular weight excluding hydrogens is 300 g/mol. The number of amides is 1. The van der Waals surface area contributed by atoms with Crippen LogP contribution in [-0.4, -0.2) is 37.2 Å². The van der Waals surface area contributed by atoms with Gasteiger partial charge >= 0.3 is 5.97 Å². The van der Waals surface area contributed by atoms with Gasteiger partial charge in [-0.25, -0.2) is 4.79 Å². The molecule has 2 N–H and O–H groups in total. The van der Waals surface area contributed by atoms with Crippen molar-refractivity contribution in [3.63, 3.8) is 0 Å². The lowest BCUT2D eigenvalue weighted by atomic mass is 10.2. The first-order valence-corrected chi connectivity index (χ1v) is 6.24. The molecule has 1 rings (SSSR count). The summed E-state index contributed by atoms with van der Waals surface area (Å²) in [4.78, 5) is 22.6. The maximum absolute atomic E-state index is 11.5. The minimum atomic E-state index is -1.25. The van der Waals surface area contributed by atoms with Crippen LogP contribution >= 0.6 is 11.6 Å². The number of rotatable bonds is 7. The maximum Gasteiger partial charge on any atom is 0.339 e. The van der Waals surface area contributed by atoms with Gasteiger partial charge in [0.2, 0.25) is 0 Å². The standard InChI is InChI=1S/C13H13ClN2O5/c1-20-10-6-8(14)5-9(13(18)19)12(10)21-7-11(17)16-4-2-3-15/h5-6H,2,4,7H2,1H3,(H,16,17)(H,18,19). The number of carboxylic acid groups (broad SMARTS) is 1. The molecule has 0 aromatic heterocycles. The Kier molecular flexibility index (Phi) is 6.30. The van der Waals surface area contributed by atoms with Crippen LogP contribution in [0.25, 0.3) is 0 Å². The molecule has 0 bridgehead atoms. The van der Waals surface area contributed by atoms with Gasteiger partial charge in [0, 0.05) is 17.6 Å². The summed E-state index contributed by atoms with van der Waals surface area (Å²) in [7, 11) is 1.33. The van der Waals surface area contributed by atoms with Crippen molar-refractivity contribution in [2.75, 3.05) is 20.3 Å². The van der Waals surface area contributed by atoms with Gasteiger partial charge in [-0.05, 0) is 6.07 Å². The molecular formula is C13H13ClN2O5. The molecule has 21 heavy (non-hydrogen) atoms. The summed E-state index contributed by atoms with van der Waals surface area (Å²) in [5.74, 6) is -1.69. The zero-order valence-electron chi connectivity index (χ0n) is 11.2. The van der Waals surface area contributed by atoms with Gasteiger partial charge in [0.05, 0.1) is 19.6 Å². The smallest absolute Gasteiger partial charge is 0.339 e. The average Bonchev–Trinajstić information content (AvgIpc) is 2.45. The number of carbonyl (C=O) groups excluding carboxylic acids is 1. The lowest BCUT2D eigenvalue weighted by Crippen LogP contribution is -2.29. The number of halogens is 1. The lowest BCUT2D eigenvalue weighted by Gasteiger charge is -2.13. The van der Waals surface area contributed by atoms with Crippen molar-refractivity contribution >= 4 is 23.5 Å². The first kappa shape index (κ1) is 16.6. The number of ether oxygens (including phenoxy) is 2. The molecule has 1 aromatic carbocycles. The van der Waals surface area contributed by atoms with Crippen LogP contribution in [-0.2, 0) is 4.79 Å². The number of nitrogens with one attached hydrogen (secondary N) is 1. The SMILES string of the molecule is COc1cc(Cl)cc(C(=O)O)c1OCC(=O)NCCC#N. The van der Waals surface area contributed by atoms with Crippen molar-refractivity contribution in [2.45, 2.75) is 6.42 Å². The zero-order valence-corrected chi connectivity index (χ0v) is 11.9. The van der Waals surface area contributed by atoms with E-state index in [4.69, 9.17) is 31.4 Å². The van der Waals surface area contributed by atoms with Crippen LogP contribution in [0, 0.1) is 11.3 Å². The topological polar surface area (TPSA) is 109 Å². The summed E-state index contributed by atoms with van der Waals surface area (Å²) in [6, 6.07) is 4.47. The summed E-state index contributed by atoms with van der Waals surface area (Å²) in [6.07, 6.45) is 0.177. The number of nitriles is 1. The third-order valence-corrected chi connectivity index (χ3v) is 2.59. The van der Waals surface area contributed by atoms with Crippen LogP contribution in [0.1, 0.15) is 16.8 Å². The number of benzene rings is 1. The normalized spacial score (nSPS) is 9.57. The molecule has 7 nitrogen and oxygen atoms in total. The largest absolute Gasteiger partial charge is 0.493 e. The van der Waals surface area contributed by atoms with Crippen LogP contribution in [0.15, 0.2) is 12.1 Å². The van der Waals surface area contributed by atoms with Gasteiger partial charge in [0.15, 0.2) is 18.1 Å². The second-order valence-corrected chi connectivity index (χ2v) is 4.27. The van der Waals surface area contributed by atoms with E-state index in [-0.39, 0.29) is 35.1 Å². The van der Waals surface area contributed by atoms with E-state index in [1.54, 1.807) is 0 Å². The number of carbonyl (C=O) groups is 2. The van der Waals surface area contributed by atoms with E-state index in [1.165, 1.54) is 19.2 Å². The third kappa shape index (κ3) is 4.85. The van der Waals surface area contributed by atoms with Crippen molar-refractivity contribution in [3.05, 3.63) is 22.7 Å². The van der Waals surface area contributed by atoms with Gasteiger partial charge in [-0.2, -0.15) is 5.26 Å². The van der Waals surface area contributed by atoms with Crippen molar-refractivity contribution in [1.82, 2.24) is 5.32 Å². The van der Waals surface area contributed by atoms with Crippen LogP contribution in [0.4, 0.5) is 0 Å². The number of aromatic carboxylic acids is 1. The fourth-order valence-electron chi connectivity index (χ4n) is 1.47. The maximum atomic E-state index is 11.5. The summed E-state index contributed by atoms with van der Waals surface area (Å²) in [5, 5.41) is 20.1. The van der Waals surface area contributed by atoms with Crippen molar-refractivity contribution < 1.29 is 24.2 Å². The number of hydrogen-bond donors (Lipinski definition) is 2. The Morgan fingerprint density at radius 1 is 1.48 bits per heavy atom. The van der Waals surface area contributed by atoms with Gasteiger partial charge in [-0.3, -0.25) is 4.79 Å². The van der Waals surface area contributed by atoms with Crippen LogP contribution in [0.5, 0.6) is 11.5 Å². The Hall–Kier alpha value is -2.46. The molecule has 0 atom stereocenters. The van der Waals surface area contributed by atoms with E-state index in [1.807, 2.05) is 6.07 Å². The third-order valence-electron chi connectivity index (χ3n) is 2.38. The first-order valence-electron chi connectivity index (χ1n) is 5.86. The molecule has 0 spiro atoms. The highest BCUT2D eigenvalue weighted by molar-refractivity contribution is 6.31. The summed E-state index contributed by atoms with van der Waals surface area (Å²) in [6.45, 7) is -0.202. The lowest BCUT2D eigenvalue weighted by molar-refractivity contribution is -0.123. The second kappa shape index (κ2) is 7.97. The molecule has 0 aliphatic carbocycles. The van der Waals surface area contributed by atoms with Crippen molar-refractivity contribution in [3.8, 4) is 17.6 Å². The summed E-state index contributed by atoms with van der Waals surface area (Å²) >= 11 is 5.78. The van der Waals surface area contributed by atoms with Gasteiger partial charge in [0.1, 0.15) is 5.56 Å². The van der Waals surface area contributed by atoms with Gasteiger partial charge in [-0.1, -0.05) is 11.6 Å². The molecule has 8 heteroatoms. The van der Waals surface area contributed by atoms with Gasteiger partial charge in [-0.15, -0.1) is 0 Å². The zero-order chi connectivity index (χ0) is 15.8. The van der Waals surface area contributed by atoms with Gasteiger partial charge in [0.25, 0.3) is 5.91 Å². The van der Waals surface area contributed by atoms with E-state index in [0.29, 0.717) is 0 Å². The Bertz CT molecular complexity index is 583. The average molecular weight is 313 g/mol. The highest BCUT2D eigenvalue weighted by Crippen LogP contribution is 2.34. The fourth-order valence-corrected chi connectivity index (χ4v) is 1.68. The molecule has 0 radical (unpaired) electrons. The molecule has 0 aliphatic heterocycles. The highest BCUT2D eigenvalue weighted by Gasteiger charge is 2.19. The molecule has 0 unspecified atom stereocenters. The molecule has 0 aliphatic rings. The quantitative estimate of drug-likeness (QED) is 0.738. The van der Waals surface area contributed by atoms with Crippen LogP contribution in [0.2, 0.25) is 5.02 Å². The molecule has 0 saturated carbocycles. The first-order chi connectivity index (χ1) is 9.99. The Morgan fingerprint density at radius 3 is 2.76 bits per heavy atom. The van der Waals surface area contributed by atoms with E-state index in [2.05, 4.69) is 5.32 Å². The highest BCUT2D eigenvalue weighted by atomic mass is 35.5. The number of nitrogens with zero attached hydrogens (tertiary/aromatic N) is 1. The number of carboxylic acids is 1. The minimum Gasteiger partial charge on any atom is -0.493 e. The van der Waals surface area contributed by atoms with Crippen LogP contribution in [0.3, 0.4) is 0 Å². The Morgan fingerprint density at radius 2 is 2.19 bits per heavy atom. The molecule has 0 fully saturated rings. The monoisotopic (exact) mass is 312 g/mol. The van der Waals surface area contributed by atoms with Crippen molar-refractivity contribution in [1.29, 1.82) is 5.26 Å². The molecule has 1 amide bonds. The number of methoxy groups -OCH3 is 1. The minimum absolute atomic E-state index is 0.0789.